The second kappa shape index (κ2) is 4.20. The molecule has 0 bridgehead atoms. The van der Waals surface area contributed by atoms with Gasteiger partial charge >= 0.3 is 0 Å². The highest BCUT2D eigenvalue weighted by Gasteiger charge is 2.23. The Morgan fingerprint density at radius 1 is 1.05 bits per heavy atom. The smallest absolute Gasteiger partial charge is 0.209 e. The highest BCUT2D eigenvalue weighted by molar-refractivity contribution is 7.91. The summed E-state index contributed by atoms with van der Waals surface area (Å²) < 4.78 is 25.4. The van der Waals surface area contributed by atoms with E-state index in [0.717, 1.165) is 5.56 Å². The van der Waals surface area contributed by atoms with Gasteiger partial charge < -0.3 is 4.98 Å². The van der Waals surface area contributed by atoms with E-state index >= 15 is 0 Å². The van der Waals surface area contributed by atoms with Gasteiger partial charge in [0.05, 0.1) is 9.79 Å². The Bertz CT molecular complexity index is 851. The fourth-order valence-electron chi connectivity index (χ4n) is 2.13. The van der Waals surface area contributed by atoms with Crippen molar-refractivity contribution in [2.75, 3.05) is 0 Å². The van der Waals surface area contributed by atoms with Gasteiger partial charge in [-0.05, 0) is 30.7 Å². The number of rotatable bonds is 2. The number of hydrogen-bond donors (Lipinski definition) is 1. The molecule has 0 atom stereocenters. The third kappa shape index (κ3) is 1.82. The molecule has 1 aromatic carbocycles. The maximum atomic E-state index is 12.7. The molecule has 0 saturated heterocycles. The monoisotopic (exact) mass is 272 g/mol. The van der Waals surface area contributed by atoms with Crippen LogP contribution in [0.25, 0.3) is 11.0 Å². The number of nitrogens with zero attached hydrogens (tertiary/aromatic N) is 1. The number of hydrogen-bond acceptors (Lipinski definition) is 3. The molecule has 0 fully saturated rings. The number of pyridine rings is 1. The highest BCUT2D eigenvalue weighted by atomic mass is 32.2. The summed E-state index contributed by atoms with van der Waals surface area (Å²) in [6.07, 6.45) is 3.13. The Hall–Kier alpha value is -2.14. The summed E-state index contributed by atoms with van der Waals surface area (Å²) in [5.74, 6) is 0. The Morgan fingerprint density at radius 3 is 2.63 bits per heavy atom. The molecule has 0 amide bonds. The van der Waals surface area contributed by atoms with Crippen LogP contribution in [0.15, 0.2) is 58.6 Å². The number of aromatic nitrogens is 2. The van der Waals surface area contributed by atoms with Crippen molar-refractivity contribution in [3.05, 3.63) is 54.4 Å². The van der Waals surface area contributed by atoms with Crippen molar-refractivity contribution in [1.29, 1.82) is 0 Å². The van der Waals surface area contributed by atoms with Gasteiger partial charge in [-0.25, -0.2) is 13.4 Å². The quantitative estimate of drug-likeness (QED) is 0.780. The number of sulfone groups is 1. The van der Waals surface area contributed by atoms with Crippen LogP contribution in [0.2, 0.25) is 0 Å². The van der Waals surface area contributed by atoms with Gasteiger partial charge in [-0.3, -0.25) is 0 Å². The number of aromatic amines is 1. The van der Waals surface area contributed by atoms with Gasteiger partial charge in [0.1, 0.15) is 5.65 Å². The first-order valence-electron chi connectivity index (χ1n) is 5.83. The second-order valence-electron chi connectivity index (χ2n) is 4.32. The van der Waals surface area contributed by atoms with E-state index in [9.17, 15) is 8.42 Å². The lowest BCUT2D eigenvalue weighted by Gasteiger charge is -2.06. The molecule has 96 valence electrons. The zero-order chi connectivity index (χ0) is 13.5. The minimum Gasteiger partial charge on any atom is -0.345 e. The number of H-pyrrole nitrogens is 1. The topological polar surface area (TPSA) is 62.8 Å². The molecular weight excluding hydrogens is 260 g/mol. The van der Waals surface area contributed by atoms with Crippen LogP contribution in [0, 0.1) is 6.92 Å². The zero-order valence-corrected chi connectivity index (χ0v) is 11.1. The average Bonchev–Trinajstić information content (AvgIpc) is 2.83. The summed E-state index contributed by atoms with van der Waals surface area (Å²) in [5.41, 5.74) is 1.32. The molecule has 2 heterocycles. The van der Waals surface area contributed by atoms with E-state index in [1.807, 2.05) is 6.07 Å². The lowest BCUT2D eigenvalue weighted by Crippen LogP contribution is -2.03. The maximum Gasteiger partial charge on any atom is 0.209 e. The Kier molecular flexibility index (Phi) is 2.64. The van der Waals surface area contributed by atoms with Crippen molar-refractivity contribution >= 4 is 20.9 Å². The van der Waals surface area contributed by atoms with Crippen LogP contribution in [-0.4, -0.2) is 18.4 Å². The van der Waals surface area contributed by atoms with Crippen molar-refractivity contribution in [3.63, 3.8) is 0 Å². The summed E-state index contributed by atoms with van der Waals surface area (Å²) in [6.45, 7) is 1.79. The molecule has 5 heteroatoms. The second-order valence-corrected chi connectivity index (χ2v) is 6.21. The van der Waals surface area contributed by atoms with E-state index in [2.05, 4.69) is 9.97 Å². The lowest BCUT2D eigenvalue weighted by atomic mass is 10.2. The molecule has 2 aromatic heterocycles. The zero-order valence-electron chi connectivity index (χ0n) is 10.3. The van der Waals surface area contributed by atoms with Gasteiger partial charge in [-0.2, -0.15) is 0 Å². The molecule has 1 N–H and O–H groups in total. The Balaban J connectivity index is 2.29. The van der Waals surface area contributed by atoms with Crippen molar-refractivity contribution in [2.45, 2.75) is 16.7 Å². The minimum atomic E-state index is -3.52. The van der Waals surface area contributed by atoms with E-state index in [1.165, 1.54) is 6.20 Å². The van der Waals surface area contributed by atoms with Crippen LogP contribution in [0.5, 0.6) is 0 Å². The molecular formula is C14H12N2O2S. The van der Waals surface area contributed by atoms with E-state index in [1.54, 1.807) is 43.5 Å². The summed E-state index contributed by atoms with van der Waals surface area (Å²) in [6, 6.07) is 10.5. The molecule has 0 unspecified atom stereocenters. The fourth-order valence-corrected chi connectivity index (χ4v) is 3.78. The van der Waals surface area contributed by atoms with E-state index in [0.29, 0.717) is 15.9 Å². The van der Waals surface area contributed by atoms with Gasteiger partial charge in [0.15, 0.2) is 0 Å². The van der Waals surface area contributed by atoms with Crippen LogP contribution >= 0.6 is 0 Å². The molecule has 0 aliphatic rings. The van der Waals surface area contributed by atoms with E-state index in [4.69, 9.17) is 0 Å². The van der Waals surface area contributed by atoms with Crippen LogP contribution in [0.4, 0.5) is 0 Å². The molecule has 0 aliphatic heterocycles. The lowest BCUT2D eigenvalue weighted by molar-refractivity contribution is 0.596. The first-order valence-corrected chi connectivity index (χ1v) is 7.32. The summed E-state index contributed by atoms with van der Waals surface area (Å²) >= 11 is 0. The van der Waals surface area contributed by atoms with Gasteiger partial charge in [-0.1, -0.05) is 18.2 Å². The Labute approximate surface area is 111 Å². The predicted octanol–water partition coefficient (Wildman–Crippen LogP) is 2.70. The Morgan fingerprint density at radius 2 is 1.84 bits per heavy atom. The van der Waals surface area contributed by atoms with Crippen LogP contribution in [0.1, 0.15) is 5.56 Å². The number of nitrogens with one attached hydrogen (secondary N) is 1. The largest absolute Gasteiger partial charge is 0.345 e. The van der Waals surface area contributed by atoms with Gasteiger partial charge in [0.25, 0.3) is 0 Å². The van der Waals surface area contributed by atoms with Gasteiger partial charge in [0, 0.05) is 17.8 Å². The summed E-state index contributed by atoms with van der Waals surface area (Å²) in [4.78, 5) is 7.61. The molecule has 3 rings (SSSR count). The number of benzene rings is 1. The predicted molar refractivity (Wildman–Crippen MR) is 72.7 cm³/mol. The first-order chi connectivity index (χ1) is 9.10. The van der Waals surface area contributed by atoms with Crippen LogP contribution in [0.3, 0.4) is 0 Å². The molecule has 19 heavy (non-hydrogen) atoms. The van der Waals surface area contributed by atoms with Gasteiger partial charge in [-0.15, -0.1) is 0 Å². The van der Waals surface area contributed by atoms with Crippen molar-refractivity contribution in [2.24, 2.45) is 0 Å². The minimum absolute atomic E-state index is 0.268. The van der Waals surface area contributed by atoms with Crippen LogP contribution < -0.4 is 0 Å². The standard InChI is InChI=1S/C14H12N2O2S/c1-10-5-2-3-7-12(10)19(17,18)13-9-16-14-11(13)6-4-8-15-14/h2-9H,1H3,(H,15,16). The fraction of sp³-hybridized carbons (Fsp3) is 0.0714. The molecule has 0 aliphatic carbocycles. The van der Waals surface area contributed by atoms with E-state index < -0.39 is 9.84 Å². The van der Waals surface area contributed by atoms with Crippen molar-refractivity contribution in [1.82, 2.24) is 9.97 Å². The normalized spacial score (nSPS) is 11.8. The number of aryl methyl sites for hydroxylation is 1. The SMILES string of the molecule is Cc1ccccc1S(=O)(=O)c1c[nH]c2ncccc12. The maximum absolute atomic E-state index is 12.7. The molecule has 0 spiro atoms. The highest BCUT2D eigenvalue weighted by Crippen LogP contribution is 2.28. The summed E-state index contributed by atoms with van der Waals surface area (Å²) in [7, 11) is -3.52. The van der Waals surface area contributed by atoms with Crippen molar-refractivity contribution in [3.8, 4) is 0 Å². The van der Waals surface area contributed by atoms with Crippen LogP contribution in [-0.2, 0) is 9.84 Å². The third-order valence-corrected chi connectivity index (χ3v) is 5.04. The van der Waals surface area contributed by atoms with Gasteiger partial charge in [0.2, 0.25) is 9.84 Å². The molecule has 3 aromatic rings. The molecule has 0 saturated carbocycles. The number of fused-ring (bicyclic) bond motifs is 1. The van der Waals surface area contributed by atoms with Crippen molar-refractivity contribution < 1.29 is 8.42 Å². The molecule has 0 radical (unpaired) electrons. The summed E-state index contributed by atoms with van der Waals surface area (Å²) in [5, 5.41) is 0.616. The first kappa shape index (κ1) is 11.9. The molecule has 4 nitrogen and oxygen atoms in total. The van der Waals surface area contributed by atoms with E-state index in [-0.39, 0.29) is 4.90 Å². The average molecular weight is 272 g/mol. The third-order valence-electron chi connectivity index (χ3n) is 3.09.